The van der Waals surface area contributed by atoms with Crippen molar-refractivity contribution in [2.24, 2.45) is 0 Å². The lowest BCUT2D eigenvalue weighted by molar-refractivity contribution is 0.619. The van der Waals surface area contributed by atoms with E-state index in [1.165, 1.54) is 6.07 Å². The Bertz CT molecular complexity index is 684. The maximum atomic E-state index is 13.8. The van der Waals surface area contributed by atoms with Gasteiger partial charge in [0.2, 0.25) is 5.95 Å². The lowest BCUT2D eigenvalue weighted by atomic mass is 10.2. The molecule has 0 aliphatic rings. The van der Waals surface area contributed by atoms with Gasteiger partial charge in [0.05, 0.1) is 28.5 Å². The van der Waals surface area contributed by atoms with E-state index < -0.39 is 5.82 Å². The molecule has 2 rings (SSSR count). The van der Waals surface area contributed by atoms with E-state index >= 15 is 0 Å². The average molecular weight is 306 g/mol. The van der Waals surface area contributed by atoms with Gasteiger partial charge in [0, 0.05) is 6.54 Å². The number of anilines is 3. The second-order valence-corrected chi connectivity index (χ2v) is 4.66. The third kappa shape index (κ3) is 3.80. The van der Waals surface area contributed by atoms with Crippen molar-refractivity contribution in [3.63, 3.8) is 0 Å². The van der Waals surface area contributed by atoms with Crippen molar-refractivity contribution < 1.29 is 4.39 Å². The highest BCUT2D eigenvalue weighted by atomic mass is 35.5. The van der Waals surface area contributed by atoms with Crippen LogP contribution >= 0.6 is 11.6 Å². The van der Waals surface area contributed by atoms with E-state index in [1.807, 2.05) is 13.0 Å². The lowest BCUT2D eigenvalue weighted by Crippen LogP contribution is -2.07. The molecule has 1 aromatic heterocycles. The van der Waals surface area contributed by atoms with E-state index in [0.29, 0.717) is 28.8 Å². The van der Waals surface area contributed by atoms with Crippen molar-refractivity contribution in [1.29, 1.82) is 5.26 Å². The van der Waals surface area contributed by atoms with Crippen molar-refractivity contribution in [3.05, 3.63) is 40.8 Å². The molecule has 0 bridgehead atoms. The quantitative estimate of drug-likeness (QED) is 0.881. The first-order valence-electron chi connectivity index (χ1n) is 6.37. The smallest absolute Gasteiger partial charge is 0.224 e. The molecule has 0 spiro atoms. The molecule has 0 atom stereocenters. The zero-order valence-corrected chi connectivity index (χ0v) is 12.1. The van der Waals surface area contributed by atoms with Crippen LogP contribution in [0.2, 0.25) is 5.02 Å². The Kier molecular flexibility index (Phi) is 4.90. The summed E-state index contributed by atoms with van der Waals surface area (Å²) in [5.41, 5.74) is 0.829. The predicted molar refractivity (Wildman–Crippen MR) is 80.2 cm³/mol. The number of nitriles is 1. The summed E-state index contributed by atoms with van der Waals surface area (Å²) in [4.78, 5) is 7.90. The summed E-state index contributed by atoms with van der Waals surface area (Å²) in [6, 6.07) is 6.68. The third-order valence-corrected chi connectivity index (χ3v) is 2.96. The summed E-state index contributed by atoms with van der Waals surface area (Å²) in [6.07, 6.45) is 1.98. The van der Waals surface area contributed by atoms with E-state index in [-0.39, 0.29) is 5.82 Å². The molecule has 0 aliphatic carbocycles. The molecular weight excluding hydrogens is 293 g/mol. The maximum absolute atomic E-state index is 13.8. The number of hydrogen-bond acceptors (Lipinski definition) is 5. The zero-order chi connectivity index (χ0) is 15.2. The van der Waals surface area contributed by atoms with Crippen molar-refractivity contribution in [2.75, 3.05) is 17.2 Å². The SMILES string of the molecule is CCCNc1ncc(F)c(Nc2cc(C#N)ccc2Cl)n1. The van der Waals surface area contributed by atoms with Crippen LogP contribution in [0.1, 0.15) is 18.9 Å². The van der Waals surface area contributed by atoms with Gasteiger partial charge in [-0.15, -0.1) is 0 Å². The second kappa shape index (κ2) is 6.86. The minimum atomic E-state index is -0.601. The Morgan fingerprint density at radius 1 is 1.43 bits per heavy atom. The number of rotatable bonds is 5. The van der Waals surface area contributed by atoms with E-state index in [4.69, 9.17) is 16.9 Å². The van der Waals surface area contributed by atoms with Gasteiger partial charge in [-0.25, -0.2) is 9.37 Å². The molecule has 0 saturated heterocycles. The lowest BCUT2D eigenvalue weighted by Gasteiger charge is -2.10. The number of nitrogens with one attached hydrogen (secondary N) is 2. The first kappa shape index (κ1) is 15.0. The van der Waals surface area contributed by atoms with E-state index in [1.54, 1.807) is 12.1 Å². The van der Waals surface area contributed by atoms with Crippen LogP contribution < -0.4 is 10.6 Å². The highest BCUT2D eigenvalue weighted by Gasteiger charge is 2.10. The summed E-state index contributed by atoms with van der Waals surface area (Å²) in [7, 11) is 0. The molecule has 2 N–H and O–H groups in total. The van der Waals surface area contributed by atoms with Gasteiger partial charge in [-0.3, -0.25) is 0 Å². The van der Waals surface area contributed by atoms with Crippen LogP contribution in [0.3, 0.4) is 0 Å². The van der Waals surface area contributed by atoms with Crippen molar-refractivity contribution in [2.45, 2.75) is 13.3 Å². The first-order chi connectivity index (χ1) is 10.1. The Labute approximate surface area is 126 Å². The normalized spacial score (nSPS) is 10.0. The van der Waals surface area contributed by atoms with Crippen molar-refractivity contribution in [3.8, 4) is 6.07 Å². The molecule has 0 radical (unpaired) electrons. The number of hydrogen-bond donors (Lipinski definition) is 2. The summed E-state index contributed by atoms with van der Waals surface area (Å²) in [6.45, 7) is 2.69. The molecule has 5 nitrogen and oxygen atoms in total. The molecule has 1 aromatic carbocycles. The van der Waals surface area contributed by atoms with Crippen LogP contribution in [-0.4, -0.2) is 16.5 Å². The van der Waals surface area contributed by atoms with Gasteiger partial charge >= 0.3 is 0 Å². The Balaban J connectivity index is 2.28. The molecule has 21 heavy (non-hydrogen) atoms. The summed E-state index contributed by atoms with van der Waals surface area (Å²) < 4.78 is 13.8. The van der Waals surface area contributed by atoms with Gasteiger partial charge in [-0.1, -0.05) is 18.5 Å². The molecule has 0 fully saturated rings. The minimum absolute atomic E-state index is 0.000549. The molecule has 1 heterocycles. The monoisotopic (exact) mass is 305 g/mol. The first-order valence-corrected chi connectivity index (χ1v) is 6.75. The van der Waals surface area contributed by atoms with Crippen LogP contribution in [0, 0.1) is 17.1 Å². The van der Waals surface area contributed by atoms with Gasteiger partial charge in [-0.2, -0.15) is 10.2 Å². The van der Waals surface area contributed by atoms with Crippen LogP contribution in [-0.2, 0) is 0 Å². The van der Waals surface area contributed by atoms with E-state index in [9.17, 15) is 4.39 Å². The molecule has 0 amide bonds. The van der Waals surface area contributed by atoms with Crippen molar-refractivity contribution in [1.82, 2.24) is 9.97 Å². The number of nitrogens with zero attached hydrogens (tertiary/aromatic N) is 3. The Morgan fingerprint density at radius 2 is 2.24 bits per heavy atom. The van der Waals surface area contributed by atoms with Crippen LogP contribution in [0.25, 0.3) is 0 Å². The molecule has 7 heteroatoms. The van der Waals surface area contributed by atoms with Crippen molar-refractivity contribution >= 4 is 29.1 Å². The Hall–Kier alpha value is -2.39. The van der Waals surface area contributed by atoms with E-state index in [0.717, 1.165) is 12.6 Å². The van der Waals surface area contributed by atoms with Gasteiger partial charge in [0.1, 0.15) is 0 Å². The topological polar surface area (TPSA) is 73.6 Å². The minimum Gasteiger partial charge on any atom is -0.354 e. The Morgan fingerprint density at radius 3 is 2.95 bits per heavy atom. The van der Waals surface area contributed by atoms with Gasteiger partial charge in [-0.05, 0) is 24.6 Å². The standard InChI is InChI=1S/C14H13ClFN5/c1-2-5-18-14-19-8-11(16)13(21-14)20-12-6-9(7-17)3-4-10(12)15/h3-4,6,8H,2,5H2,1H3,(H2,18,19,20,21). The number of halogens is 2. The van der Waals surface area contributed by atoms with Crippen LogP contribution in [0.15, 0.2) is 24.4 Å². The molecular formula is C14H13ClFN5. The molecule has 0 unspecified atom stereocenters. The summed E-state index contributed by atoms with van der Waals surface area (Å²) in [5, 5.41) is 15.0. The van der Waals surface area contributed by atoms with Gasteiger partial charge < -0.3 is 10.6 Å². The zero-order valence-electron chi connectivity index (χ0n) is 11.3. The fourth-order valence-electron chi connectivity index (χ4n) is 1.59. The summed E-state index contributed by atoms with van der Waals surface area (Å²) >= 11 is 6.03. The third-order valence-electron chi connectivity index (χ3n) is 2.63. The fraction of sp³-hybridized carbons (Fsp3) is 0.214. The molecule has 108 valence electrons. The van der Waals surface area contributed by atoms with Gasteiger partial charge in [0.25, 0.3) is 0 Å². The largest absolute Gasteiger partial charge is 0.354 e. The van der Waals surface area contributed by atoms with Gasteiger partial charge in [0.15, 0.2) is 11.6 Å². The van der Waals surface area contributed by atoms with Crippen LogP contribution in [0.4, 0.5) is 21.8 Å². The van der Waals surface area contributed by atoms with E-state index in [2.05, 4.69) is 20.6 Å². The van der Waals surface area contributed by atoms with Crippen LogP contribution in [0.5, 0.6) is 0 Å². The average Bonchev–Trinajstić information content (AvgIpc) is 2.50. The second-order valence-electron chi connectivity index (χ2n) is 4.25. The molecule has 0 aliphatic heterocycles. The molecule has 2 aromatic rings. The summed E-state index contributed by atoms with van der Waals surface area (Å²) in [5.74, 6) is -0.274. The number of benzene rings is 1. The highest BCUT2D eigenvalue weighted by molar-refractivity contribution is 6.33. The highest BCUT2D eigenvalue weighted by Crippen LogP contribution is 2.27. The predicted octanol–water partition coefficient (Wildman–Crippen LogP) is 3.71. The molecule has 0 saturated carbocycles. The fourth-order valence-corrected chi connectivity index (χ4v) is 1.76. The number of aromatic nitrogens is 2. The maximum Gasteiger partial charge on any atom is 0.224 e.